The van der Waals surface area contributed by atoms with Crippen LogP contribution in [0.2, 0.25) is 0 Å². The van der Waals surface area contributed by atoms with Crippen molar-refractivity contribution in [2.24, 2.45) is 7.05 Å². The van der Waals surface area contributed by atoms with Crippen molar-refractivity contribution in [3.05, 3.63) is 30.5 Å². The Morgan fingerprint density at radius 2 is 2.19 bits per heavy atom. The summed E-state index contributed by atoms with van der Waals surface area (Å²) in [7, 11) is 1.85. The van der Waals surface area contributed by atoms with Gasteiger partial charge in [0.15, 0.2) is 5.58 Å². The summed E-state index contributed by atoms with van der Waals surface area (Å²) >= 11 is 0. The topological polar surface area (TPSA) is 69.9 Å². The molecular weight excluding hydrogens is 204 g/mol. The first-order valence-corrected chi connectivity index (χ1v) is 4.88. The Morgan fingerprint density at radius 3 is 2.94 bits per heavy atom. The van der Waals surface area contributed by atoms with Crippen molar-refractivity contribution in [3.8, 4) is 11.6 Å². The molecule has 0 saturated heterocycles. The summed E-state index contributed by atoms with van der Waals surface area (Å²) in [5.41, 5.74) is 8.52. The van der Waals surface area contributed by atoms with Gasteiger partial charge in [-0.05, 0) is 18.2 Å². The predicted molar refractivity (Wildman–Crippen MR) is 60.6 cm³/mol. The van der Waals surface area contributed by atoms with Crippen LogP contribution in [0, 0.1) is 0 Å². The van der Waals surface area contributed by atoms with Crippen LogP contribution in [0.15, 0.2) is 34.9 Å². The molecule has 0 aliphatic rings. The minimum Gasteiger partial charge on any atom is -0.435 e. The maximum Gasteiger partial charge on any atom is 0.248 e. The molecule has 0 radical (unpaired) electrons. The minimum absolute atomic E-state index is 0.515. The fourth-order valence-electron chi connectivity index (χ4n) is 1.58. The second-order valence-electron chi connectivity index (χ2n) is 3.62. The summed E-state index contributed by atoms with van der Waals surface area (Å²) in [4.78, 5) is 4.34. The average Bonchev–Trinajstić information content (AvgIpc) is 2.83. The second-order valence-corrected chi connectivity index (χ2v) is 3.62. The molecule has 5 heteroatoms. The van der Waals surface area contributed by atoms with Crippen molar-refractivity contribution < 1.29 is 4.42 Å². The van der Waals surface area contributed by atoms with Crippen molar-refractivity contribution in [2.45, 2.75) is 0 Å². The number of aromatic nitrogens is 3. The molecule has 0 aliphatic heterocycles. The molecule has 0 fully saturated rings. The van der Waals surface area contributed by atoms with Crippen LogP contribution in [-0.2, 0) is 7.05 Å². The summed E-state index contributed by atoms with van der Waals surface area (Å²) in [5.74, 6) is 0.515. The van der Waals surface area contributed by atoms with Gasteiger partial charge in [-0.1, -0.05) is 0 Å². The highest BCUT2D eigenvalue weighted by Crippen LogP contribution is 2.24. The largest absolute Gasteiger partial charge is 0.435 e. The third kappa shape index (κ3) is 1.33. The highest BCUT2D eigenvalue weighted by Gasteiger charge is 2.10. The maximum atomic E-state index is 5.67. The van der Waals surface area contributed by atoms with Crippen LogP contribution in [0.1, 0.15) is 0 Å². The van der Waals surface area contributed by atoms with Gasteiger partial charge < -0.3 is 10.2 Å². The molecular formula is C11H10N4O. The molecule has 0 amide bonds. The first-order valence-electron chi connectivity index (χ1n) is 4.88. The Bertz CT molecular complexity index is 653. The monoisotopic (exact) mass is 214 g/mol. The molecule has 16 heavy (non-hydrogen) atoms. The molecule has 1 aromatic carbocycles. The van der Waals surface area contributed by atoms with Crippen molar-refractivity contribution >= 4 is 16.8 Å². The van der Waals surface area contributed by atoms with Gasteiger partial charge in [0.05, 0.1) is 0 Å². The number of oxazole rings is 1. The number of nitrogens with zero attached hydrogens (tertiary/aromatic N) is 3. The van der Waals surface area contributed by atoms with E-state index >= 15 is 0 Å². The van der Waals surface area contributed by atoms with E-state index in [4.69, 9.17) is 10.2 Å². The Labute approximate surface area is 91.5 Å². The van der Waals surface area contributed by atoms with Crippen LogP contribution >= 0.6 is 0 Å². The fourth-order valence-corrected chi connectivity index (χ4v) is 1.58. The zero-order chi connectivity index (χ0) is 11.1. The lowest BCUT2D eigenvalue weighted by Crippen LogP contribution is -1.87. The van der Waals surface area contributed by atoms with Crippen molar-refractivity contribution in [2.75, 3.05) is 5.73 Å². The third-order valence-corrected chi connectivity index (χ3v) is 2.35. The number of nitrogens with two attached hydrogens (primary N) is 1. The van der Waals surface area contributed by atoms with Gasteiger partial charge in [-0.15, -0.1) is 0 Å². The Morgan fingerprint density at radius 1 is 1.31 bits per heavy atom. The molecule has 0 unspecified atom stereocenters. The Hall–Kier alpha value is -2.30. The quantitative estimate of drug-likeness (QED) is 0.627. The van der Waals surface area contributed by atoms with Crippen LogP contribution in [-0.4, -0.2) is 14.8 Å². The molecule has 0 atom stereocenters. The number of hydrogen-bond donors (Lipinski definition) is 1. The minimum atomic E-state index is 0.515. The second kappa shape index (κ2) is 3.10. The van der Waals surface area contributed by atoms with E-state index < -0.39 is 0 Å². The SMILES string of the molecule is Cn1ccc(-c2nc3ccc(N)cc3o2)n1. The smallest absolute Gasteiger partial charge is 0.248 e. The molecule has 0 aliphatic carbocycles. The summed E-state index contributed by atoms with van der Waals surface area (Å²) in [6.45, 7) is 0. The number of fused-ring (bicyclic) bond motifs is 1. The summed E-state index contributed by atoms with van der Waals surface area (Å²) < 4.78 is 7.29. The highest BCUT2D eigenvalue weighted by atomic mass is 16.3. The van der Waals surface area contributed by atoms with Gasteiger partial charge in [0.1, 0.15) is 11.2 Å². The van der Waals surface area contributed by atoms with Crippen LogP contribution in [0.4, 0.5) is 5.69 Å². The summed E-state index contributed by atoms with van der Waals surface area (Å²) in [6.07, 6.45) is 1.85. The third-order valence-electron chi connectivity index (χ3n) is 2.35. The highest BCUT2D eigenvalue weighted by molar-refractivity contribution is 5.78. The lowest BCUT2D eigenvalue weighted by atomic mass is 10.3. The number of nitrogen functional groups attached to an aromatic ring is 1. The van der Waals surface area contributed by atoms with E-state index in [0.717, 1.165) is 11.2 Å². The molecule has 0 bridgehead atoms. The summed E-state index contributed by atoms with van der Waals surface area (Å²) in [5, 5.41) is 4.23. The lowest BCUT2D eigenvalue weighted by molar-refractivity contribution is 0.613. The number of anilines is 1. The molecule has 2 heterocycles. The number of benzene rings is 1. The first-order chi connectivity index (χ1) is 7.72. The van der Waals surface area contributed by atoms with Gasteiger partial charge in [0.2, 0.25) is 5.89 Å². The van der Waals surface area contributed by atoms with E-state index in [2.05, 4.69) is 10.1 Å². The molecule has 5 nitrogen and oxygen atoms in total. The molecule has 80 valence electrons. The van der Waals surface area contributed by atoms with Gasteiger partial charge >= 0.3 is 0 Å². The van der Waals surface area contributed by atoms with Crippen LogP contribution in [0.25, 0.3) is 22.7 Å². The van der Waals surface area contributed by atoms with E-state index in [-0.39, 0.29) is 0 Å². The zero-order valence-corrected chi connectivity index (χ0v) is 8.71. The summed E-state index contributed by atoms with van der Waals surface area (Å²) in [6, 6.07) is 7.25. The molecule has 3 aromatic rings. The van der Waals surface area contributed by atoms with Crippen LogP contribution in [0.5, 0.6) is 0 Å². The Kier molecular flexibility index (Phi) is 1.73. The molecule has 3 rings (SSSR count). The zero-order valence-electron chi connectivity index (χ0n) is 8.71. The number of hydrogen-bond acceptors (Lipinski definition) is 4. The van der Waals surface area contributed by atoms with E-state index in [1.54, 1.807) is 16.8 Å². The van der Waals surface area contributed by atoms with E-state index in [9.17, 15) is 0 Å². The van der Waals surface area contributed by atoms with Gasteiger partial charge in [0.25, 0.3) is 0 Å². The fraction of sp³-hybridized carbons (Fsp3) is 0.0909. The molecule has 2 N–H and O–H groups in total. The lowest BCUT2D eigenvalue weighted by Gasteiger charge is -1.88. The van der Waals surface area contributed by atoms with Gasteiger partial charge in [-0.2, -0.15) is 5.10 Å². The average molecular weight is 214 g/mol. The van der Waals surface area contributed by atoms with Crippen LogP contribution < -0.4 is 5.73 Å². The van der Waals surface area contributed by atoms with Crippen molar-refractivity contribution in [1.82, 2.24) is 14.8 Å². The van der Waals surface area contributed by atoms with Crippen molar-refractivity contribution in [1.29, 1.82) is 0 Å². The predicted octanol–water partition coefficient (Wildman–Crippen LogP) is 1.81. The van der Waals surface area contributed by atoms with Gasteiger partial charge in [0, 0.05) is 25.0 Å². The Balaban J connectivity index is 2.18. The van der Waals surface area contributed by atoms with Crippen LogP contribution in [0.3, 0.4) is 0 Å². The van der Waals surface area contributed by atoms with E-state index in [1.807, 2.05) is 25.4 Å². The van der Waals surface area contributed by atoms with E-state index in [1.165, 1.54) is 0 Å². The number of aryl methyl sites for hydroxylation is 1. The maximum absolute atomic E-state index is 5.67. The van der Waals surface area contributed by atoms with Crippen molar-refractivity contribution in [3.63, 3.8) is 0 Å². The first kappa shape index (κ1) is 8.96. The van der Waals surface area contributed by atoms with Gasteiger partial charge in [-0.25, -0.2) is 4.98 Å². The van der Waals surface area contributed by atoms with E-state index in [0.29, 0.717) is 17.2 Å². The normalized spacial score (nSPS) is 11.1. The number of rotatable bonds is 1. The van der Waals surface area contributed by atoms with Gasteiger partial charge in [-0.3, -0.25) is 4.68 Å². The molecule has 0 spiro atoms. The standard InChI is InChI=1S/C11H10N4O/c1-15-5-4-9(14-15)11-13-8-3-2-7(12)6-10(8)16-11/h2-6H,12H2,1H3. The molecule has 2 aromatic heterocycles. The molecule has 0 saturated carbocycles.